The largest absolute Gasteiger partial charge is 0.310 e. The zero-order valence-corrected chi connectivity index (χ0v) is 31.7. The molecule has 0 saturated heterocycles. The number of benzene rings is 9. The lowest BCUT2D eigenvalue weighted by Crippen LogP contribution is -2.16. The second kappa shape index (κ2) is 13.7. The van der Waals surface area contributed by atoms with Gasteiger partial charge in [0.15, 0.2) is 0 Å². The maximum absolute atomic E-state index is 2.40. The fraction of sp³-hybridized carbons (Fsp3) is 0.0545. The molecule has 1 aliphatic rings. The molecule has 1 aliphatic carbocycles. The van der Waals surface area contributed by atoms with Gasteiger partial charge in [0.1, 0.15) is 0 Å². The van der Waals surface area contributed by atoms with Crippen LogP contribution in [0.3, 0.4) is 0 Å². The number of hydrogen-bond acceptors (Lipinski definition) is 1. The quantitative estimate of drug-likeness (QED) is 0.159. The molecule has 0 aliphatic heterocycles. The van der Waals surface area contributed by atoms with E-state index >= 15 is 0 Å². The molecule has 0 radical (unpaired) electrons. The summed E-state index contributed by atoms with van der Waals surface area (Å²) in [5.41, 5.74) is 18.5. The van der Waals surface area contributed by atoms with Gasteiger partial charge in [-0.15, -0.1) is 0 Å². The van der Waals surface area contributed by atoms with E-state index in [1.54, 1.807) is 0 Å². The van der Waals surface area contributed by atoms with Crippen LogP contribution in [0.2, 0.25) is 0 Å². The van der Waals surface area contributed by atoms with Crippen LogP contribution < -0.4 is 4.90 Å². The molecule has 0 spiro atoms. The average molecular weight is 716 g/mol. The first-order valence-electron chi connectivity index (χ1n) is 19.5. The van der Waals surface area contributed by atoms with E-state index in [-0.39, 0.29) is 5.41 Å². The van der Waals surface area contributed by atoms with Gasteiger partial charge in [0, 0.05) is 22.4 Å². The highest BCUT2D eigenvalue weighted by Gasteiger charge is 2.37. The summed E-state index contributed by atoms with van der Waals surface area (Å²) < 4.78 is 0. The zero-order chi connectivity index (χ0) is 37.6. The van der Waals surface area contributed by atoms with Gasteiger partial charge in [-0.2, -0.15) is 0 Å². The molecule has 56 heavy (non-hydrogen) atoms. The molecule has 10 rings (SSSR count). The van der Waals surface area contributed by atoms with E-state index in [4.69, 9.17) is 0 Å². The summed E-state index contributed by atoms with van der Waals surface area (Å²) in [6, 6.07) is 77.4. The molecule has 266 valence electrons. The number of rotatable bonds is 7. The van der Waals surface area contributed by atoms with E-state index < -0.39 is 0 Å². The van der Waals surface area contributed by atoms with Crippen LogP contribution in [0.15, 0.2) is 212 Å². The molecule has 0 bridgehead atoms. The fourth-order valence-corrected chi connectivity index (χ4v) is 8.98. The molecule has 0 fully saturated rings. The minimum atomic E-state index is -0.0853. The highest BCUT2D eigenvalue weighted by atomic mass is 15.1. The smallest absolute Gasteiger partial charge is 0.0540 e. The van der Waals surface area contributed by atoms with Crippen LogP contribution in [0, 0.1) is 0 Å². The molecule has 1 nitrogen and oxygen atoms in total. The van der Waals surface area contributed by atoms with Crippen molar-refractivity contribution >= 4 is 27.8 Å². The summed E-state index contributed by atoms with van der Waals surface area (Å²) >= 11 is 0. The fourth-order valence-electron chi connectivity index (χ4n) is 8.98. The first kappa shape index (κ1) is 33.6. The highest BCUT2D eigenvalue weighted by molar-refractivity contribution is 5.97. The Bertz CT molecular complexity index is 2860. The Labute approximate surface area is 329 Å². The maximum atomic E-state index is 2.40. The summed E-state index contributed by atoms with van der Waals surface area (Å²) in [5.74, 6) is 0. The highest BCUT2D eigenvalue weighted by Crippen LogP contribution is 2.52. The van der Waals surface area contributed by atoms with E-state index in [1.165, 1.54) is 77.5 Å². The van der Waals surface area contributed by atoms with E-state index in [2.05, 4.69) is 231 Å². The van der Waals surface area contributed by atoms with Crippen molar-refractivity contribution in [1.29, 1.82) is 0 Å². The molecule has 0 heterocycles. The van der Waals surface area contributed by atoms with E-state index in [1.807, 2.05) is 0 Å². The molecule has 0 atom stereocenters. The van der Waals surface area contributed by atoms with Gasteiger partial charge in [-0.1, -0.05) is 190 Å². The average Bonchev–Trinajstić information content (AvgIpc) is 3.50. The Balaban J connectivity index is 1.05. The van der Waals surface area contributed by atoms with Crippen molar-refractivity contribution in [3.8, 4) is 55.6 Å². The maximum Gasteiger partial charge on any atom is 0.0540 e. The summed E-state index contributed by atoms with van der Waals surface area (Å²) in [6.07, 6.45) is 0. The minimum Gasteiger partial charge on any atom is -0.310 e. The Hall–Kier alpha value is -6.96. The van der Waals surface area contributed by atoms with Crippen molar-refractivity contribution in [2.24, 2.45) is 0 Å². The van der Waals surface area contributed by atoms with Gasteiger partial charge in [0.05, 0.1) is 5.69 Å². The van der Waals surface area contributed by atoms with Gasteiger partial charge in [0.2, 0.25) is 0 Å². The first-order chi connectivity index (χ1) is 27.5. The van der Waals surface area contributed by atoms with Crippen LogP contribution in [0.25, 0.3) is 66.4 Å². The molecule has 0 saturated carbocycles. The summed E-state index contributed by atoms with van der Waals surface area (Å²) in [6.45, 7) is 4.72. The van der Waals surface area contributed by atoms with Gasteiger partial charge in [0.25, 0.3) is 0 Å². The second-order valence-electron chi connectivity index (χ2n) is 15.3. The molecule has 0 N–H and O–H groups in total. The molecule has 0 aromatic heterocycles. The Kier molecular flexibility index (Phi) is 8.23. The molecular weight excluding hydrogens is 675 g/mol. The van der Waals surface area contributed by atoms with Crippen LogP contribution in [0.1, 0.15) is 25.0 Å². The van der Waals surface area contributed by atoms with Crippen molar-refractivity contribution in [2.75, 3.05) is 4.90 Å². The van der Waals surface area contributed by atoms with Gasteiger partial charge < -0.3 is 4.90 Å². The minimum absolute atomic E-state index is 0.0853. The number of para-hydroxylation sites is 1. The van der Waals surface area contributed by atoms with E-state index in [0.717, 1.165) is 17.1 Å². The van der Waals surface area contributed by atoms with Crippen LogP contribution in [-0.2, 0) is 5.41 Å². The van der Waals surface area contributed by atoms with Gasteiger partial charge >= 0.3 is 0 Å². The van der Waals surface area contributed by atoms with Crippen molar-refractivity contribution in [1.82, 2.24) is 0 Å². The lowest BCUT2D eigenvalue weighted by Gasteiger charge is -2.28. The number of hydrogen-bond donors (Lipinski definition) is 0. The monoisotopic (exact) mass is 715 g/mol. The van der Waals surface area contributed by atoms with Crippen molar-refractivity contribution in [3.63, 3.8) is 0 Å². The van der Waals surface area contributed by atoms with Crippen molar-refractivity contribution in [2.45, 2.75) is 19.3 Å². The third-order valence-corrected chi connectivity index (χ3v) is 11.7. The zero-order valence-electron chi connectivity index (χ0n) is 31.7. The Morgan fingerprint density at radius 3 is 1.66 bits per heavy atom. The molecule has 0 amide bonds. The first-order valence-corrected chi connectivity index (χ1v) is 19.5. The third-order valence-electron chi connectivity index (χ3n) is 11.7. The normalized spacial score (nSPS) is 12.6. The Morgan fingerprint density at radius 2 is 0.857 bits per heavy atom. The molecule has 9 aromatic carbocycles. The molecular formula is C55H41N. The summed E-state index contributed by atoms with van der Waals surface area (Å²) in [7, 11) is 0. The molecule has 9 aromatic rings. The number of anilines is 3. The third kappa shape index (κ3) is 5.72. The van der Waals surface area contributed by atoms with Crippen molar-refractivity contribution < 1.29 is 0 Å². The standard InChI is InChI=1S/C55H41N/c1-55(2)52-27-10-8-23-50(52)51-26-14-25-49(54(51)55)41-31-35-45(36-32-41)56(53-28-11-9-22-48(53)40-15-4-3-5-16-40)44-33-29-38(30-34-44)42-19-12-20-43(37-42)47-24-13-18-39-17-6-7-21-46(39)47/h3-37H,1-2H3. The van der Waals surface area contributed by atoms with Crippen LogP contribution in [-0.4, -0.2) is 0 Å². The van der Waals surface area contributed by atoms with Crippen molar-refractivity contribution in [3.05, 3.63) is 223 Å². The van der Waals surface area contributed by atoms with Gasteiger partial charge in [-0.05, 0) is 108 Å². The van der Waals surface area contributed by atoms with Gasteiger partial charge in [-0.3, -0.25) is 0 Å². The van der Waals surface area contributed by atoms with Crippen LogP contribution >= 0.6 is 0 Å². The molecule has 0 unspecified atom stereocenters. The van der Waals surface area contributed by atoms with Crippen LogP contribution in [0.4, 0.5) is 17.1 Å². The lowest BCUT2D eigenvalue weighted by molar-refractivity contribution is 0.662. The van der Waals surface area contributed by atoms with E-state index in [9.17, 15) is 0 Å². The van der Waals surface area contributed by atoms with E-state index in [0.29, 0.717) is 0 Å². The predicted molar refractivity (Wildman–Crippen MR) is 238 cm³/mol. The molecule has 1 heteroatoms. The number of nitrogens with zero attached hydrogens (tertiary/aromatic N) is 1. The van der Waals surface area contributed by atoms with Gasteiger partial charge in [-0.25, -0.2) is 0 Å². The van der Waals surface area contributed by atoms with Crippen LogP contribution in [0.5, 0.6) is 0 Å². The Morgan fingerprint density at radius 1 is 0.339 bits per heavy atom. The predicted octanol–water partition coefficient (Wildman–Crippen LogP) is 15.3. The lowest BCUT2D eigenvalue weighted by atomic mass is 9.79. The topological polar surface area (TPSA) is 3.24 Å². The second-order valence-corrected chi connectivity index (χ2v) is 15.3. The number of fused-ring (bicyclic) bond motifs is 4. The SMILES string of the molecule is CC1(C)c2ccccc2-c2cccc(-c3ccc(N(c4ccc(-c5cccc(-c6cccc7ccccc67)c5)cc4)c4ccccc4-c4ccccc4)cc3)c21. The summed E-state index contributed by atoms with van der Waals surface area (Å²) in [5, 5.41) is 2.53. The summed E-state index contributed by atoms with van der Waals surface area (Å²) in [4.78, 5) is 2.40.